The summed E-state index contributed by atoms with van der Waals surface area (Å²) in [5.41, 5.74) is -0.922. The minimum Gasteiger partial charge on any atom is -0.489 e. The Morgan fingerprint density at radius 3 is 2.47 bits per heavy atom. The molecule has 30 heavy (non-hydrogen) atoms. The molecule has 1 aromatic heterocycles. The van der Waals surface area contributed by atoms with E-state index < -0.39 is 22.8 Å². The average molecular weight is 442 g/mol. The third-order valence-electron chi connectivity index (χ3n) is 5.13. The van der Waals surface area contributed by atoms with Crippen LogP contribution in [0.2, 0.25) is 5.02 Å². The van der Waals surface area contributed by atoms with Crippen LogP contribution in [0.3, 0.4) is 0 Å². The average Bonchev–Trinajstić information content (AvgIpc) is 2.73. The Bertz CT molecular complexity index is 936. The number of halogens is 4. The molecule has 0 N–H and O–H groups in total. The van der Waals surface area contributed by atoms with Crippen LogP contribution in [0.5, 0.6) is 5.75 Å². The largest absolute Gasteiger partial charge is 0.489 e. The smallest absolute Gasteiger partial charge is 0.417 e. The number of carbonyl (C=O) groups is 1. The van der Waals surface area contributed by atoms with E-state index in [-0.39, 0.29) is 24.1 Å². The molecule has 7 nitrogen and oxygen atoms in total. The van der Waals surface area contributed by atoms with E-state index in [0.29, 0.717) is 32.1 Å². The highest BCUT2D eigenvalue weighted by Crippen LogP contribution is 2.44. The predicted molar refractivity (Wildman–Crippen MR) is 105 cm³/mol. The zero-order chi connectivity index (χ0) is 21.5. The van der Waals surface area contributed by atoms with Crippen LogP contribution in [0.25, 0.3) is 0 Å². The monoisotopic (exact) mass is 441 g/mol. The molecule has 2 aliphatic rings. The van der Waals surface area contributed by atoms with Crippen molar-refractivity contribution in [1.29, 1.82) is 0 Å². The lowest BCUT2D eigenvalue weighted by Crippen LogP contribution is -2.56. The molecular weight excluding hydrogens is 423 g/mol. The molecule has 160 valence electrons. The van der Waals surface area contributed by atoms with Crippen molar-refractivity contribution in [2.45, 2.75) is 19.1 Å². The van der Waals surface area contributed by atoms with Crippen molar-refractivity contribution in [2.75, 3.05) is 42.6 Å². The molecular formula is C19H19ClF3N5O2. The summed E-state index contributed by atoms with van der Waals surface area (Å²) in [7, 11) is 0. The fourth-order valence-electron chi connectivity index (χ4n) is 3.58. The Kier molecular flexibility index (Phi) is 5.35. The van der Waals surface area contributed by atoms with E-state index in [9.17, 15) is 18.0 Å². The number of fused-ring (bicyclic) bond motifs is 1. The summed E-state index contributed by atoms with van der Waals surface area (Å²) in [4.78, 5) is 26.6. The molecule has 3 heterocycles. The summed E-state index contributed by atoms with van der Waals surface area (Å²) in [5, 5.41) is -0.459. The van der Waals surface area contributed by atoms with Crippen molar-refractivity contribution < 1.29 is 22.7 Å². The number of hydrogen-bond acceptors (Lipinski definition) is 5. The fourth-order valence-corrected chi connectivity index (χ4v) is 3.84. The molecule has 2 amide bonds. The first kappa shape index (κ1) is 20.5. The number of piperazine rings is 1. The summed E-state index contributed by atoms with van der Waals surface area (Å²) >= 11 is 5.80. The first-order valence-corrected chi connectivity index (χ1v) is 9.77. The Morgan fingerprint density at radius 1 is 1.17 bits per heavy atom. The minimum atomic E-state index is -4.64. The van der Waals surface area contributed by atoms with Gasteiger partial charge in [-0.2, -0.15) is 13.2 Å². The SMILES string of the molecule is CC1COc2cc(Cl)c(C(F)(F)F)cc2N1C(=O)N1CCN(c2ncccn2)CC1. The quantitative estimate of drug-likeness (QED) is 0.675. The van der Waals surface area contributed by atoms with Crippen LogP contribution in [0.1, 0.15) is 12.5 Å². The van der Waals surface area contributed by atoms with Crippen molar-refractivity contribution in [3.8, 4) is 5.75 Å². The lowest BCUT2D eigenvalue weighted by atomic mass is 10.1. The lowest BCUT2D eigenvalue weighted by molar-refractivity contribution is -0.137. The van der Waals surface area contributed by atoms with Gasteiger partial charge in [0.05, 0.1) is 22.3 Å². The van der Waals surface area contributed by atoms with Crippen LogP contribution in [0.4, 0.5) is 29.6 Å². The van der Waals surface area contributed by atoms with E-state index in [0.717, 1.165) is 12.1 Å². The van der Waals surface area contributed by atoms with Gasteiger partial charge < -0.3 is 14.5 Å². The Labute approximate surface area is 176 Å². The summed E-state index contributed by atoms with van der Waals surface area (Å²) < 4.78 is 45.6. The third kappa shape index (κ3) is 3.83. The van der Waals surface area contributed by atoms with E-state index in [1.165, 1.54) is 4.90 Å². The number of rotatable bonds is 1. The summed E-state index contributed by atoms with van der Waals surface area (Å²) in [6.45, 7) is 3.74. The van der Waals surface area contributed by atoms with Crippen molar-refractivity contribution in [1.82, 2.24) is 14.9 Å². The maximum absolute atomic E-state index is 13.3. The first-order valence-electron chi connectivity index (χ1n) is 9.39. The highest BCUT2D eigenvalue weighted by molar-refractivity contribution is 6.31. The highest BCUT2D eigenvalue weighted by atomic mass is 35.5. The Balaban J connectivity index is 1.56. The number of urea groups is 1. The lowest BCUT2D eigenvalue weighted by Gasteiger charge is -2.41. The Morgan fingerprint density at radius 2 is 1.83 bits per heavy atom. The Hall–Kier alpha value is -2.75. The van der Waals surface area contributed by atoms with Crippen LogP contribution in [-0.2, 0) is 6.18 Å². The van der Waals surface area contributed by atoms with E-state index in [4.69, 9.17) is 16.3 Å². The molecule has 2 aromatic rings. The van der Waals surface area contributed by atoms with Gasteiger partial charge in [-0.15, -0.1) is 0 Å². The van der Waals surface area contributed by atoms with Gasteiger partial charge in [-0.1, -0.05) is 11.6 Å². The second-order valence-corrected chi connectivity index (χ2v) is 7.54. The molecule has 1 atom stereocenters. The molecule has 1 fully saturated rings. The van der Waals surface area contributed by atoms with E-state index in [1.807, 2.05) is 4.90 Å². The molecule has 0 saturated carbocycles. The number of hydrogen-bond donors (Lipinski definition) is 0. The van der Waals surface area contributed by atoms with Gasteiger partial charge in [0.15, 0.2) is 0 Å². The number of benzene rings is 1. The van der Waals surface area contributed by atoms with Gasteiger partial charge in [-0.05, 0) is 19.1 Å². The maximum atomic E-state index is 13.3. The molecule has 0 bridgehead atoms. The van der Waals surface area contributed by atoms with E-state index >= 15 is 0 Å². The van der Waals surface area contributed by atoms with Crippen LogP contribution in [-0.4, -0.2) is 59.7 Å². The zero-order valence-corrected chi connectivity index (χ0v) is 16.8. The van der Waals surface area contributed by atoms with Gasteiger partial charge in [-0.3, -0.25) is 4.90 Å². The number of aromatic nitrogens is 2. The molecule has 1 saturated heterocycles. The van der Waals surface area contributed by atoms with Crippen molar-refractivity contribution >= 4 is 29.3 Å². The van der Waals surface area contributed by atoms with E-state index in [2.05, 4.69) is 9.97 Å². The van der Waals surface area contributed by atoms with Crippen molar-refractivity contribution in [3.63, 3.8) is 0 Å². The maximum Gasteiger partial charge on any atom is 0.417 e. The molecule has 0 aliphatic carbocycles. The topological polar surface area (TPSA) is 61.8 Å². The summed E-state index contributed by atoms with van der Waals surface area (Å²) in [6.07, 6.45) is -1.34. The molecule has 2 aliphatic heterocycles. The minimum absolute atomic E-state index is 0.0734. The van der Waals surface area contributed by atoms with Gasteiger partial charge in [0.2, 0.25) is 5.95 Å². The number of ether oxygens (including phenoxy) is 1. The molecule has 0 spiro atoms. The number of anilines is 2. The molecule has 11 heteroatoms. The highest BCUT2D eigenvalue weighted by Gasteiger charge is 2.39. The normalized spacial score (nSPS) is 19.4. The number of amides is 2. The van der Waals surface area contributed by atoms with Gasteiger partial charge in [-0.25, -0.2) is 14.8 Å². The molecule has 1 unspecified atom stereocenters. The van der Waals surface area contributed by atoms with Crippen LogP contribution in [0, 0.1) is 0 Å². The number of alkyl halides is 3. The summed E-state index contributed by atoms with van der Waals surface area (Å²) in [6, 6.07) is 2.94. The second-order valence-electron chi connectivity index (χ2n) is 7.13. The van der Waals surface area contributed by atoms with Gasteiger partial charge in [0, 0.05) is 44.6 Å². The second kappa shape index (κ2) is 7.82. The van der Waals surface area contributed by atoms with Gasteiger partial charge >= 0.3 is 12.2 Å². The zero-order valence-electron chi connectivity index (χ0n) is 16.1. The van der Waals surface area contributed by atoms with Gasteiger partial charge in [0.1, 0.15) is 12.4 Å². The standard InChI is InChI=1S/C19H19ClF3N5O2/c1-12-11-30-16-10-14(20)13(19(21,22)23)9-15(16)28(12)18(29)27-7-5-26(6-8-27)17-24-3-2-4-25-17/h2-4,9-10,12H,5-8,11H2,1H3. The van der Waals surface area contributed by atoms with Crippen molar-refractivity contribution in [2.24, 2.45) is 0 Å². The number of carbonyl (C=O) groups excluding carboxylic acids is 1. The van der Waals surface area contributed by atoms with Crippen LogP contribution >= 0.6 is 11.6 Å². The number of nitrogens with zero attached hydrogens (tertiary/aromatic N) is 5. The fraction of sp³-hybridized carbons (Fsp3) is 0.421. The van der Waals surface area contributed by atoms with E-state index in [1.54, 1.807) is 30.3 Å². The predicted octanol–water partition coefficient (Wildman–Crippen LogP) is 3.68. The third-order valence-corrected chi connectivity index (χ3v) is 5.44. The molecule has 4 rings (SSSR count). The van der Waals surface area contributed by atoms with Crippen LogP contribution < -0.4 is 14.5 Å². The molecule has 0 radical (unpaired) electrons. The van der Waals surface area contributed by atoms with Crippen LogP contribution in [0.15, 0.2) is 30.6 Å². The van der Waals surface area contributed by atoms with Gasteiger partial charge in [0.25, 0.3) is 0 Å². The first-order chi connectivity index (χ1) is 14.3. The molecule has 1 aromatic carbocycles. The van der Waals surface area contributed by atoms with Crippen molar-refractivity contribution in [3.05, 3.63) is 41.2 Å². The summed E-state index contributed by atoms with van der Waals surface area (Å²) in [5.74, 6) is 0.745.